The van der Waals surface area contributed by atoms with Gasteiger partial charge in [-0.05, 0) is 36.8 Å². The van der Waals surface area contributed by atoms with Crippen LogP contribution in [0.4, 0.5) is 5.69 Å². The highest BCUT2D eigenvalue weighted by Gasteiger charge is 2.22. The molecule has 156 valence electrons. The number of carbonyl (C=O) groups is 2. The Morgan fingerprint density at radius 3 is 2.40 bits per heavy atom. The third-order valence-electron chi connectivity index (χ3n) is 4.44. The minimum Gasteiger partial charge on any atom is -0.332 e. The van der Waals surface area contributed by atoms with E-state index in [0.717, 1.165) is 11.4 Å². The Morgan fingerprint density at radius 1 is 1.10 bits per heavy atom. The lowest BCUT2D eigenvalue weighted by Gasteiger charge is -2.18. The zero-order chi connectivity index (χ0) is 21.8. The first kappa shape index (κ1) is 22.2. The summed E-state index contributed by atoms with van der Waals surface area (Å²) in [6, 6.07) is 12.1. The lowest BCUT2D eigenvalue weighted by molar-refractivity contribution is -0.116. The molecule has 30 heavy (non-hydrogen) atoms. The maximum Gasteiger partial charge on any atom is 0.257 e. The van der Waals surface area contributed by atoms with Gasteiger partial charge in [0.1, 0.15) is 0 Å². The molecule has 0 unspecified atom stereocenters. The van der Waals surface area contributed by atoms with Crippen LogP contribution in [0.3, 0.4) is 0 Å². The number of halogens is 3. The molecule has 0 saturated carbocycles. The Kier molecular flexibility index (Phi) is 7.02. The van der Waals surface area contributed by atoms with Crippen molar-refractivity contribution in [2.45, 2.75) is 13.3 Å². The quantitative estimate of drug-likeness (QED) is 0.550. The Hall–Kier alpha value is -2.54. The molecule has 0 aliphatic rings. The van der Waals surface area contributed by atoms with Crippen LogP contribution < -0.4 is 5.32 Å². The number of likely N-dealkylation sites (N-methyl/N-ethyl adjacent to an activating group) is 1. The van der Waals surface area contributed by atoms with E-state index in [2.05, 4.69) is 10.4 Å². The van der Waals surface area contributed by atoms with Gasteiger partial charge in [0.15, 0.2) is 0 Å². The largest absolute Gasteiger partial charge is 0.332 e. The molecule has 0 aliphatic heterocycles. The van der Waals surface area contributed by atoms with Crippen molar-refractivity contribution in [3.8, 4) is 5.69 Å². The molecule has 0 bridgehead atoms. The highest BCUT2D eigenvalue weighted by Crippen LogP contribution is 2.29. The normalized spacial score (nSPS) is 10.7. The summed E-state index contributed by atoms with van der Waals surface area (Å²) >= 11 is 18.2. The van der Waals surface area contributed by atoms with Gasteiger partial charge in [0.05, 0.1) is 45.4 Å². The van der Waals surface area contributed by atoms with E-state index in [1.807, 2.05) is 19.1 Å². The van der Waals surface area contributed by atoms with Gasteiger partial charge in [-0.1, -0.05) is 53.9 Å². The lowest BCUT2D eigenvalue weighted by Crippen LogP contribution is -2.35. The average molecular weight is 466 g/mol. The zero-order valence-corrected chi connectivity index (χ0v) is 18.6. The van der Waals surface area contributed by atoms with Gasteiger partial charge in [-0.25, -0.2) is 4.68 Å². The molecule has 0 atom stereocenters. The minimum atomic E-state index is -0.416. The van der Waals surface area contributed by atoms with Crippen molar-refractivity contribution in [2.24, 2.45) is 0 Å². The molecule has 9 heteroatoms. The summed E-state index contributed by atoms with van der Waals surface area (Å²) in [5.41, 5.74) is 2.22. The third kappa shape index (κ3) is 4.78. The number of carbonyl (C=O) groups excluding carboxylic acids is 2. The van der Waals surface area contributed by atoms with E-state index in [1.54, 1.807) is 42.1 Å². The first-order valence-electron chi connectivity index (χ1n) is 9.14. The molecule has 2 aromatic carbocycles. The van der Waals surface area contributed by atoms with E-state index in [4.69, 9.17) is 34.8 Å². The van der Waals surface area contributed by atoms with Crippen molar-refractivity contribution in [3.63, 3.8) is 0 Å². The molecule has 3 rings (SSSR count). The molecule has 3 aromatic rings. The number of para-hydroxylation sites is 1. The Balaban J connectivity index is 1.77. The standard InChI is InChI=1S/C21H19Cl3N4O2/c1-3-18-15(11-25-28(18)14-7-4-6-13(22)10-14)21(30)27(2)12-19(29)26-20-16(23)8-5-9-17(20)24/h4-11H,3,12H2,1-2H3,(H,26,29). The van der Waals surface area contributed by atoms with Crippen LogP contribution in [0.2, 0.25) is 15.1 Å². The lowest BCUT2D eigenvalue weighted by atomic mass is 10.1. The van der Waals surface area contributed by atoms with E-state index in [-0.39, 0.29) is 12.5 Å². The fourth-order valence-electron chi connectivity index (χ4n) is 3.01. The molecule has 6 nitrogen and oxygen atoms in total. The van der Waals surface area contributed by atoms with Crippen molar-refractivity contribution in [2.75, 3.05) is 18.9 Å². The second-order valence-corrected chi connectivity index (χ2v) is 7.81. The second-order valence-electron chi connectivity index (χ2n) is 6.56. The van der Waals surface area contributed by atoms with Crippen molar-refractivity contribution in [1.82, 2.24) is 14.7 Å². The van der Waals surface area contributed by atoms with Gasteiger partial charge in [-0.3, -0.25) is 9.59 Å². The number of nitrogens with zero attached hydrogens (tertiary/aromatic N) is 3. The van der Waals surface area contributed by atoms with Gasteiger partial charge < -0.3 is 10.2 Å². The van der Waals surface area contributed by atoms with E-state index < -0.39 is 5.91 Å². The Labute approximate surface area is 189 Å². The molecule has 1 N–H and O–H groups in total. The molecular formula is C21H19Cl3N4O2. The summed E-state index contributed by atoms with van der Waals surface area (Å²) in [4.78, 5) is 26.7. The first-order chi connectivity index (χ1) is 14.3. The number of hydrogen-bond donors (Lipinski definition) is 1. The molecule has 0 fully saturated rings. The van der Waals surface area contributed by atoms with Gasteiger partial charge in [0, 0.05) is 12.1 Å². The van der Waals surface area contributed by atoms with Crippen LogP contribution in [0, 0.1) is 0 Å². The Bertz CT molecular complexity index is 1080. The van der Waals surface area contributed by atoms with Gasteiger partial charge >= 0.3 is 0 Å². The summed E-state index contributed by atoms with van der Waals surface area (Å²) in [5, 5.41) is 8.21. The molecule has 0 aliphatic carbocycles. The van der Waals surface area contributed by atoms with Crippen LogP contribution in [-0.4, -0.2) is 40.1 Å². The van der Waals surface area contributed by atoms with Gasteiger partial charge in [-0.2, -0.15) is 5.10 Å². The van der Waals surface area contributed by atoms with Crippen LogP contribution in [0.15, 0.2) is 48.7 Å². The summed E-state index contributed by atoms with van der Waals surface area (Å²) in [7, 11) is 1.55. The number of benzene rings is 2. The Morgan fingerprint density at radius 2 is 1.77 bits per heavy atom. The predicted molar refractivity (Wildman–Crippen MR) is 120 cm³/mol. The molecule has 0 saturated heterocycles. The minimum absolute atomic E-state index is 0.175. The fourth-order valence-corrected chi connectivity index (χ4v) is 3.69. The van der Waals surface area contributed by atoms with Gasteiger partial charge in [-0.15, -0.1) is 0 Å². The molecule has 1 aromatic heterocycles. The number of aromatic nitrogens is 2. The second kappa shape index (κ2) is 9.51. The fraction of sp³-hybridized carbons (Fsp3) is 0.190. The highest BCUT2D eigenvalue weighted by atomic mass is 35.5. The van der Waals surface area contributed by atoms with Crippen molar-refractivity contribution in [1.29, 1.82) is 0 Å². The summed E-state index contributed by atoms with van der Waals surface area (Å²) < 4.78 is 1.68. The van der Waals surface area contributed by atoms with Crippen LogP contribution in [0.5, 0.6) is 0 Å². The van der Waals surface area contributed by atoms with Crippen LogP contribution in [-0.2, 0) is 11.2 Å². The maximum atomic E-state index is 13.0. The number of amides is 2. The van der Waals surface area contributed by atoms with Crippen LogP contribution in [0.1, 0.15) is 23.0 Å². The smallest absolute Gasteiger partial charge is 0.257 e. The van der Waals surface area contributed by atoms with E-state index >= 15 is 0 Å². The number of rotatable bonds is 6. The third-order valence-corrected chi connectivity index (χ3v) is 5.31. The summed E-state index contributed by atoms with van der Waals surface area (Å²) in [6.45, 7) is 1.76. The first-order valence-corrected chi connectivity index (χ1v) is 10.3. The molecular weight excluding hydrogens is 447 g/mol. The van der Waals surface area contributed by atoms with E-state index in [0.29, 0.717) is 32.7 Å². The van der Waals surface area contributed by atoms with E-state index in [9.17, 15) is 9.59 Å². The number of nitrogens with one attached hydrogen (secondary N) is 1. The monoisotopic (exact) mass is 464 g/mol. The molecule has 2 amide bonds. The number of hydrogen-bond acceptors (Lipinski definition) is 3. The molecule has 1 heterocycles. The molecule has 0 spiro atoms. The van der Waals surface area contributed by atoms with Crippen LogP contribution >= 0.6 is 34.8 Å². The van der Waals surface area contributed by atoms with Gasteiger partial charge in [0.2, 0.25) is 5.91 Å². The van der Waals surface area contributed by atoms with Gasteiger partial charge in [0.25, 0.3) is 5.91 Å². The highest BCUT2D eigenvalue weighted by molar-refractivity contribution is 6.39. The van der Waals surface area contributed by atoms with E-state index in [1.165, 1.54) is 11.1 Å². The van der Waals surface area contributed by atoms with Crippen molar-refractivity contribution < 1.29 is 9.59 Å². The predicted octanol–water partition coefficient (Wildman–Crippen LogP) is 5.11. The van der Waals surface area contributed by atoms with Crippen LogP contribution in [0.25, 0.3) is 5.69 Å². The SMILES string of the molecule is CCc1c(C(=O)N(C)CC(=O)Nc2c(Cl)cccc2Cl)cnn1-c1cccc(Cl)c1. The maximum absolute atomic E-state index is 13.0. The van der Waals surface area contributed by atoms with Crippen molar-refractivity contribution >= 4 is 52.3 Å². The molecule has 0 radical (unpaired) electrons. The summed E-state index contributed by atoms with van der Waals surface area (Å²) in [6.07, 6.45) is 2.07. The zero-order valence-electron chi connectivity index (χ0n) is 16.3. The topological polar surface area (TPSA) is 67.2 Å². The number of anilines is 1. The summed E-state index contributed by atoms with van der Waals surface area (Å²) in [5.74, 6) is -0.735. The average Bonchev–Trinajstić information content (AvgIpc) is 3.14. The van der Waals surface area contributed by atoms with Crippen molar-refractivity contribution in [3.05, 3.63) is 75.0 Å².